The molecule has 182 valence electrons. The smallest absolute Gasteiger partial charge is 0.321 e. The van der Waals surface area contributed by atoms with Gasteiger partial charge in [-0.3, -0.25) is 9.59 Å². The standard InChI is InChI=1S/C25H25N3O6S/c1-16-3-7-19(8-4-16)24(29)26-20-11-9-18(10-12-20)22(27-32)15-23(25(30)31)28-35(33,34)21-13-5-17(2)6-14-21/h3-14,22-23,28H,15H2,1-2H3,(H,26,29)(H,30,31). The highest BCUT2D eigenvalue weighted by molar-refractivity contribution is 7.89. The van der Waals surface area contributed by atoms with Crippen LogP contribution in [0.15, 0.2) is 82.9 Å². The summed E-state index contributed by atoms with van der Waals surface area (Å²) in [4.78, 5) is 35.6. The van der Waals surface area contributed by atoms with E-state index >= 15 is 0 Å². The summed E-state index contributed by atoms with van der Waals surface area (Å²) in [5.41, 5.74) is 3.21. The molecular formula is C25H25N3O6S. The highest BCUT2D eigenvalue weighted by Crippen LogP contribution is 2.25. The number of hydrogen-bond acceptors (Lipinski definition) is 6. The van der Waals surface area contributed by atoms with Crippen LogP contribution in [0.4, 0.5) is 5.69 Å². The number of aliphatic carboxylic acids is 1. The number of carboxylic acids is 1. The van der Waals surface area contributed by atoms with Crippen LogP contribution in [0.1, 0.15) is 39.5 Å². The Morgan fingerprint density at radius 1 is 0.886 bits per heavy atom. The van der Waals surface area contributed by atoms with Gasteiger partial charge in [0.15, 0.2) is 0 Å². The summed E-state index contributed by atoms with van der Waals surface area (Å²) in [6, 6.07) is 16.5. The van der Waals surface area contributed by atoms with Gasteiger partial charge in [-0.25, -0.2) is 8.42 Å². The number of hydrogen-bond donors (Lipinski definition) is 3. The zero-order chi connectivity index (χ0) is 25.6. The molecule has 35 heavy (non-hydrogen) atoms. The van der Waals surface area contributed by atoms with Gasteiger partial charge in [0.1, 0.15) is 12.1 Å². The molecule has 0 aliphatic heterocycles. The minimum atomic E-state index is -4.13. The Bertz CT molecular complexity index is 1300. The molecule has 2 atom stereocenters. The van der Waals surface area contributed by atoms with Crippen LogP contribution in [-0.2, 0) is 14.8 Å². The maximum atomic E-state index is 12.6. The van der Waals surface area contributed by atoms with Crippen molar-refractivity contribution < 1.29 is 23.1 Å². The van der Waals surface area contributed by atoms with Gasteiger partial charge in [0.2, 0.25) is 10.0 Å². The van der Waals surface area contributed by atoms with Crippen LogP contribution in [0, 0.1) is 18.8 Å². The minimum absolute atomic E-state index is 0.0846. The fourth-order valence-electron chi connectivity index (χ4n) is 3.33. The van der Waals surface area contributed by atoms with Crippen LogP contribution < -0.4 is 10.0 Å². The predicted octanol–water partition coefficient (Wildman–Crippen LogP) is 4.19. The summed E-state index contributed by atoms with van der Waals surface area (Å²) in [5, 5.41) is 15.3. The van der Waals surface area contributed by atoms with Crippen molar-refractivity contribution in [2.45, 2.75) is 37.2 Å². The first kappa shape index (κ1) is 25.7. The Labute approximate surface area is 203 Å². The summed E-state index contributed by atoms with van der Waals surface area (Å²) in [6.45, 7) is 3.71. The minimum Gasteiger partial charge on any atom is -0.480 e. The molecule has 0 saturated heterocycles. The van der Waals surface area contributed by atoms with Gasteiger partial charge in [-0.2, -0.15) is 9.63 Å². The summed E-state index contributed by atoms with van der Waals surface area (Å²) < 4.78 is 27.4. The number of aryl methyl sites for hydroxylation is 2. The maximum absolute atomic E-state index is 12.6. The van der Waals surface area contributed by atoms with E-state index in [1.165, 1.54) is 24.3 Å². The van der Waals surface area contributed by atoms with Crippen molar-refractivity contribution >= 4 is 27.6 Å². The van der Waals surface area contributed by atoms with E-state index in [0.29, 0.717) is 16.8 Å². The number of carboxylic acid groups (broad SMARTS) is 1. The SMILES string of the molecule is Cc1ccc(C(=O)Nc2ccc(C(CC(NS(=O)(=O)c3ccc(C)cc3)C(=O)O)N=O)cc2)cc1. The first-order valence-electron chi connectivity index (χ1n) is 10.7. The summed E-state index contributed by atoms with van der Waals surface area (Å²) in [5.74, 6) is -1.74. The molecule has 0 aliphatic carbocycles. The normalized spacial score (nSPS) is 13.0. The average Bonchev–Trinajstić information content (AvgIpc) is 2.83. The fraction of sp³-hybridized carbons (Fsp3) is 0.200. The Hall–Kier alpha value is -3.89. The topological polar surface area (TPSA) is 142 Å². The lowest BCUT2D eigenvalue weighted by molar-refractivity contribution is -0.139. The lowest BCUT2D eigenvalue weighted by Gasteiger charge is -2.18. The highest BCUT2D eigenvalue weighted by Gasteiger charge is 2.29. The third-order valence-corrected chi connectivity index (χ3v) is 6.87. The van der Waals surface area contributed by atoms with Crippen LogP contribution in [0.25, 0.3) is 0 Å². The Morgan fingerprint density at radius 2 is 1.43 bits per heavy atom. The van der Waals surface area contributed by atoms with Gasteiger partial charge in [0, 0.05) is 17.7 Å². The van der Waals surface area contributed by atoms with Crippen molar-refractivity contribution in [3.63, 3.8) is 0 Å². The fourth-order valence-corrected chi connectivity index (χ4v) is 4.53. The van der Waals surface area contributed by atoms with Crippen molar-refractivity contribution in [2.24, 2.45) is 5.18 Å². The molecule has 0 saturated carbocycles. The van der Waals surface area contributed by atoms with Gasteiger partial charge in [-0.1, -0.05) is 52.7 Å². The molecule has 0 heterocycles. The van der Waals surface area contributed by atoms with Gasteiger partial charge >= 0.3 is 5.97 Å². The van der Waals surface area contributed by atoms with Crippen molar-refractivity contribution in [3.8, 4) is 0 Å². The molecule has 0 fully saturated rings. The van der Waals surface area contributed by atoms with E-state index in [1.54, 1.807) is 43.3 Å². The number of sulfonamides is 1. The summed E-state index contributed by atoms with van der Waals surface area (Å²) in [6.07, 6.45) is -0.390. The molecule has 10 heteroatoms. The molecule has 3 aromatic carbocycles. The number of nitroso groups, excluding NO2 is 1. The molecule has 0 aliphatic rings. The van der Waals surface area contributed by atoms with Crippen molar-refractivity contribution in [1.29, 1.82) is 0 Å². The second kappa shape index (κ2) is 11.0. The van der Waals surface area contributed by atoms with Gasteiger partial charge in [-0.15, -0.1) is 0 Å². The lowest BCUT2D eigenvalue weighted by Crippen LogP contribution is -2.41. The first-order chi connectivity index (χ1) is 16.6. The largest absolute Gasteiger partial charge is 0.480 e. The Morgan fingerprint density at radius 3 is 1.94 bits per heavy atom. The quantitative estimate of drug-likeness (QED) is 0.360. The number of nitrogens with zero attached hydrogens (tertiary/aromatic N) is 1. The van der Waals surface area contributed by atoms with E-state index in [-0.39, 0.29) is 17.2 Å². The van der Waals surface area contributed by atoms with Gasteiger partial charge in [0.05, 0.1) is 4.90 Å². The number of rotatable bonds is 10. The van der Waals surface area contributed by atoms with E-state index in [1.807, 2.05) is 19.1 Å². The Balaban J connectivity index is 1.71. The third kappa shape index (κ3) is 6.81. The molecule has 0 aromatic heterocycles. The van der Waals surface area contributed by atoms with Crippen LogP contribution >= 0.6 is 0 Å². The number of anilines is 1. The highest BCUT2D eigenvalue weighted by atomic mass is 32.2. The number of carbonyl (C=O) groups excluding carboxylic acids is 1. The molecular weight excluding hydrogens is 470 g/mol. The maximum Gasteiger partial charge on any atom is 0.321 e. The number of carbonyl (C=O) groups is 2. The van der Waals surface area contributed by atoms with Crippen molar-refractivity contribution in [2.75, 3.05) is 5.32 Å². The summed E-state index contributed by atoms with van der Waals surface area (Å²) in [7, 11) is -4.13. The molecule has 3 N–H and O–H groups in total. The van der Waals surface area contributed by atoms with Gasteiger partial charge in [-0.05, 0) is 55.8 Å². The molecule has 3 rings (SSSR count). The molecule has 9 nitrogen and oxygen atoms in total. The van der Waals surface area contributed by atoms with E-state index < -0.39 is 28.1 Å². The first-order valence-corrected chi connectivity index (χ1v) is 12.2. The number of benzene rings is 3. The predicted molar refractivity (Wildman–Crippen MR) is 132 cm³/mol. The van der Waals surface area contributed by atoms with Crippen LogP contribution in [0.2, 0.25) is 0 Å². The van der Waals surface area contributed by atoms with Crippen LogP contribution in [0.5, 0.6) is 0 Å². The molecule has 2 unspecified atom stereocenters. The molecule has 3 aromatic rings. The van der Waals surface area contributed by atoms with Crippen LogP contribution in [0.3, 0.4) is 0 Å². The molecule has 0 radical (unpaired) electrons. The van der Waals surface area contributed by atoms with E-state index in [4.69, 9.17) is 0 Å². The zero-order valence-electron chi connectivity index (χ0n) is 19.1. The second-order valence-corrected chi connectivity index (χ2v) is 9.84. The van der Waals surface area contributed by atoms with Gasteiger partial charge < -0.3 is 10.4 Å². The van der Waals surface area contributed by atoms with E-state index in [2.05, 4.69) is 15.2 Å². The van der Waals surface area contributed by atoms with Gasteiger partial charge in [0.25, 0.3) is 5.91 Å². The van der Waals surface area contributed by atoms with E-state index in [0.717, 1.165) is 11.1 Å². The average molecular weight is 496 g/mol. The zero-order valence-corrected chi connectivity index (χ0v) is 20.0. The number of amides is 1. The summed E-state index contributed by atoms with van der Waals surface area (Å²) >= 11 is 0. The van der Waals surface area contributed by atoms with Crippen molar-refractivity contribution in [1.82, 2.24) is 4.72 Å². The molecule has 0 bridgehead atoms. The lowest BCUT2D eigenvalue weighted by atomic mass is 10.00. The molecule has 0 spiro atoms. The number of nitrogens with one attached hydrogen (secondary N) is 2. The second-order valence-electron chi connectivity index (χ2n) is 8.12. The monoisotopic (exact) mass is 495 g/mol. The Kier molecular flexibility index (Phi) is 8.10. The third-order valence-electron chi connectivity index (χ3n) is 5.38. The van der Waals surface area contributed by atoms with E-state index in [9.17, 15) is 28.0 Å². The molecule has 1 amide bonds. The van der Waals surface area contributed by atoms with Crippen molar-refractivity contribution in [3.05, 3.63) is 100.0 Å². The van der Waals surface area contributed by atoms with Crippen LogP contribution in [-0.4, -0.2) is 31.4 Å².